The van der Waals surface area contributed by atoms with E-state index in [0.717, 1.165) is 12.5 Å². The van der Waals surface area contributed by atoms with Gasteiger partial charge < -0.3 is 15.0 Å². The van der Waals surface area contributed by atoms with Crippen LogP contribution in [-0.2, 0) is 4.74 Å². The first kappa shape index (κ1) is 14.3. The van der Waals surface area contributed by atoms with Crippen molar-refractivity contribution in [1.82, 2.24) is 10.2 Å². The molecule has 3 heteroatoms. The van der Waals surface area contributed by atoms with E-state index in [4.69, 9.17) is 4.74 Å². The van der Waals surface area contributed by atoms with E-state index >= 15 is 0 Å². The summed E-state index contributed by atoms with van der Waals surface area (Å²) in [5.74, 6) is 0.772. The summed E-state index contributed by atoms with van der Waals surface area (Å²) >= 11 is 0. The molecule has 0 bridgehead atoms. The third-order valence-corrected chi connectivity index (χ3v) is 4.27. The molecular weight excluding hydrogens is 224 g/mol. The zero-order valence-corrected chi connectivity index (χ0v) is 12.2. The molecule has 0 aromatic carbocycles. The first-order chi connectivity index (χ1) is 8.78. The van der Waals surface area contributed by atoms with Crippen molar-refractivity contribution in [2.24, 2.45) is 5.92 Å². The lowest BCUT2D eigenvalue weighted by Crippen LogP contribution is -2.47. The molecule has 0 aromatic heterocycles. The summed E-state index contributed by atoms with van der Waals surface area (Å²) in [5, 5.41) is 3.69. The Labute approximate surface area is 112 Å². The van der Waals surface area contributed by atoms with Crippen LogP contribution in [0.25, 0.3) is 0 Å². The van der Waals surface area contributed by atoms with Crippen LogP contribution in [0.3, 0.4) is 0 Å². The largest absolute Gasteiger partial charge is 0.378 e. The summed E-state index contributed by atoms with van der Waals surface area (Å²) in [6.07, 6.45) is 7.20. The van der Waals surface area contributed by atoms with Crippen LogP contribution < -0.4 is 5.32 Å². The number of nitrogens with zero attached hydrogens (tertiary/aromatic N) is 1. The molecule has 1 aliphatic heterocycles. The van der Waals surface area contributed by atoms with E-state index in [1.54, 1.807) is 0 Å². The molecular formula is C15H30N2O. The number of ether oxygens (including phenoxy) is 1. The monoisotopic (exact) mass is 254 g/mol. The lowest BCUT2D eigenvalue weighted by Gasteiger charge is -2.37. The van der Waals surface area contributed by atoms with Gasteiger partial charge in [0, 0.05) is 19.2 Å². The fraction of sp³-hybridized carbons (Fsp3) is 1.00. The fourth-order valence-corrected chi connectivity index (χ4v) is 3.12. The van der Waals surface area contributed by atoms with Gasteiger partial charge in [-0.1, -0.05) is 13.3 Å². The quantitative estimate of drug-likeness (QED) is 0.754. The summed E-state index contributed by atoms with van der Waals surface area (Å²) in [5.41, 5.74) is 0. The fourth-order valence-electron chi connectivity index (χ4n) is 3.12. The molecule has 106 valence electrons. The number of likely N-dealkylation sites (tertiary alicyclic amines) is 1. The Hall–Kier alpha value is -0.120. The Bertz CT molecular complexity index is 223. The average Bonchev–Trinajstić information content (AvgIpc) is 2.33. The highest BCUT2D eigenvalue weighted by Gasteiger charge is 2.29. The van der Waals surface area contributed by atoms with E-state index < -0.39 is 0 Å². The Balaban J connectivity index is 1.51. The second kappa shape index (κ2) is 7.46. The third kappa shape index (κ3) is 4.52. The summed E-state index contributed by atoms with van der Waals surface area (Å²) in [6, 6.07) is 0.713. The Morgan fingerprint density at radius 1 is 1.22 bits per heavy atom. The number of hydrogen-bond donors (Lipinski definition) is 1. The van der Waals surface area contributed by atoms with Crippen molar-refractivity contribution in [1.29, 1.82) is 0 Å². The summed E-state index contributed by atoms with van der Waals surface area (Å²) in [6.45, 7) is 10.4. The van der Waals surface area contributed by atoms with Gasteiger partial charge in [-0.25, -0.2) is 0 Å². The van der Waals surface area contributed by atoms with Gasteiger partial charge in [0.2, 0.25) is 0 Å². The Kier molecular flexibility index (Phi) is 5.93. The molecule has 0 radical (unpaired) electrons. The molecule has 2 aliphatic rings. The van der Waals surface area contributed by atoms with Gasteiger partial charge in [0.1, 0.15) is 0 Å². The standard InChI is InChI=1S/C15H30N2O/c1-3-18-15-9-14(10-15)16-11-13(2)12-17-7-5-4-6-8-17/h13-16H,3-12H2,1-2H3. The highest BCUT2D eigenvalue weighted by Crippen LogP contribution is 2.23. The van der Waals surface area contributed by atoms with E-state index in [0.29, 0.717) is 12.1 Å². The van der Waals surface area contributed by atoms with Gasteiger partial charge in [0.15, 0.2) is 0 Å². The van der Waals surface area contributed by atoms with Crippen LogP contribution in [0.4, 0.5) is 0 Å². The molecule has 2 rings (SSSR count). The second-order valence-electron chi connectivity index (χ2n) is 6.12. The molecule has 1 N–H and O–H groups in total. The zero-order valence-electron chi connectivity index (χ0n) is 12.2. The topological polar surface area (TPSA) is 24.5 Å². The van der Waals surface area contributed by atoms with Gasteiger partial charge in [0.25, 0.3) is 0 Å². The molecule has 0 spiro atoms. The van der Waals surface area contributed by atoms with Crippen LogP contribution in [0.15, 0.2) is 0 Å². The average molecular weight is 254 g/mol. The van der Waals surface area contributed by atoms with E-state index in [1.807, 2.05) is 0 Å². The van der Waals surface area contributed by atoms with Gasteiger partial charge in [-0.3, -0.25) is 0 Å². The predicted octanol–water partition coefficient (Wildman–Crippen LogP) is 2.27. The van der Waals surface area contributed by atoms with Crippen molar-refractivity contribution in [2.75, 3.05) is 32.8 Å². The number of nitrogens with one attached hydrogen (secondary N) is 1. The van der Waals surface area contributed by atoms with Crippen LogP contribution in [0.5, 0.6) is 0 Å². The minimum atomic E-state index is 0.532. The SMILES string of the molecule is CCOC1CC(NCC(C)CN2CCCCC2)C1. The molecule has 3 nitrogen and oxygen atoms in total. The van der Waals surface area contributed by atoms with E-state index in [2.05, 4.69) is 24.1 Å². The molecule has 1 heterocycles. The van der Waals surface area contributed by atoms with E-state index in [1.165, 1.54) is 58.3 Å². The normalized spacial score (nSPS) is 31.0. The summed E-state index contributed by atoms with van der Waals surface area (Å²) < 4.78 is 5.59. The molecule has 18 heavy (non-hydrogen) atoms. The lowest BCUT2D eigenvalue weighted by atomic mass is 9.89. The number of piperidine rings is 1. The highest BCUT2D eigenvalue weighted by atomic mass is 16.5. The van der Waals surface area contributed by atoms with Crippen LogP contribution >= 0.6 is 0 Å². The number of rotatable bonds is 7. The van der Waals surface area contributed by atoms with Gasteiger partial charge in [0.05, 0.1) is 6.10 Å². The smallest absolute Gasteiger partial charge is 0.0604 e. The van der Waals surface area contributed by atoms with Crippen LogP contribution in [-0.4, -0.2) is 49.8 Å². The summed E-state index contributed by atoms with van der Waals surface area (Å²) in [7, 11) is 0. The maximum absolute atomic E-state index is 5.59. The van der Waals surface area contributed by atoms with Crippen LogP contribution in [0.1, 0.15) is 46.0 Å². The maximum atomic E-state index is 5.59. The Morgan fingerprint density at radius 3 is 2.61 bits per heavy atom. The second-order valence-corrected chi connectivity index (χ2v) is 6.12. The molecule has 2 fully saturated rings. The molecule has 1 saturated carbocycles. The molecule has 0 aromatic rings. The van der Waals surface area contributed by atoms with Gasteiger partial charge in [-0.05, 0) is 58.2 Å². The zero-order chi connectivity index (χ0) is 12.8. The predicted molar refractivity (Wildman–Crippen MR) is 75.9 cm³/mol. The number of hydrogen-bond acceptors (Lipinski definition) is 3. The molecule has 1 saturated heterocycles. The first-order valence-electron chi connectivity index (χ1n) is 7.85. The minimum absolute atomic E-state index is 0.532. The summed E-state index contributed by atoms with van der Waals surface area (Å²) in [4.78, 5) is 2.64. The van der Waals surface area contributed by atoms with Crippen molar-refractivity contribution < 1.29 is 4.74 Å². The Morgan fingerprint density at radius 2 is 1.94 bits per heavy atom. The van der Waals surface area contributed by atoms with Crippen LogP contribution in [0, 0.1) is 5.92 Å². The molecule has 1 unspecified atom stereocenters. The highest BCUT2D eigenvalue weighted by molar-refractivity contribution is 4.86. The van der Waals surface area contributed by atoms with Gasteiger partial charge in [-0.2, -0.15) is 0 Å². The third-order valence-electron chi connectivity index (χ3n) is 4.27. The van der Waals surface area contributed by atoms with Crippen molar-refractivity contribution >= 4 is 0 Å². The first-order valence-corrected chi connectivity index (χ1v) is 7.85. The van der Waals surface area contributed by atoms with Crippen molar-refractivity contribution in [3.05, 3.63) is 0 Å². The van der Waals surface area contributed by atoms with Gasteiger partial charge in [-0.15, -0.1) is 0 Å². The van der Waals surface area contributed by atoms with Gasteiger partial charge >= 0.3 is 0 Å². The lowest BCUT2D eigenvalue weighted by molar-refractivity contribution is -0.0107. The van der Waals surface area contributed by atoms with E-state index in [-0.39, 0.29) is 0 Å². The van der Waals surface area contributed by atoms with Crippen molar-refractivity contribution in [2.45, 2.75) is 58.1 Å². The van der Waals surface area contributed by atoms with E-state index in [9.17, 15) is 0 Å². The molecule has 0 amide bonds. The molecule has 1 aliphatic carbocycles. The molecule has 1 atom stereocenters. The maximum Gasteiger partial charge on any atom is 0.0604 e. The van der Waals surface area contributed by atoms with Crippen molar-refractivity contribution in [3.63, 3.8) is 0 Å². The van der Waals surface area contributed by atoms with Crippen LogP contribution in [0.2, 0.25) is 0 Å². The van der Waals surface area contributed by atoms with Crippen molar-refractivity contribution in [3.8, 4) is 0 Å². The minimum Gasteiger partial charge on any atom is -0.378 e.